The highest BCUT2D eigenvalue weighted by molar-refractivity contribution is 8.00. The van der Waals surface area contributed by atoms with Crippen molar-refractivity contribution >= 4 is 45.0 Å². The number of thioether (sulfide) groups is 2. The number of carbonyl (C=O) groups excluding carboxylic acids is 1. The Balaban J connectivity index is 1.95. The van der Waals surface area contributed by atoms with Crippen LogP contribution in [0.3, 0.4) is 0 Å². The second-order valence-corrected chi connectivity index (χ2v) is 12.3. The summed E-state index contributed by atoms with van der Waals surface area (Å²) in [5.41, 5.74) is 9.49. The minimum Gasteiger partial charge on any atom is -0.398 e. The van der Waals surface area contributed by atoms with Gasteiger partial charge >= 0.3 is 0 Å². The van der Waals surface area contributed by atoms with Gasteiger partial charge in [-0.15, -0.1) is 23.5 Å². The first kappa shape index (κ1) is 22.1. The molecule has 1 heterocycles. The average Bonchev–Trinajstić information content (AvgIpc) is 3.03. The Hall–Kier alpha value is -1.64. The van der Waals surface area contributed by atoms with Crippen LogP contribution in [0, 0.1) is 0 Å². The molecule has 8 heteroatoms. The van der Waals surface area contributed by atoms with Crippen molar-refractivity contribution in [1.82, 2.24) is 4.90 Å². The van der Waals surface area contributed by atoms with Crippen molar-refractivity contribution in [2.24, 2.45) is 0 Å². The van der Waals surface area contributed by atoms with Crippen LogP contribution in [-0.2, 0) is 22.9 Å². The summed E-state index contributed by atoms with van der Waals surface area (Å²) in [5, 5.41) is 0.273. The predicted molar refractivity (Wildman–Crippen MR) is 121 cm³/mol. The number of benzene rings is 2. The minimum atomic E-state index is -3.40. The van der Waals surface area contributed by atoms with Crippen molar-refractivity contribution in [3.8, 4) is 0 Å². The molecule has 5 nitrogen and oxygen atoms in total. The lowest BCUT2D eigenvalue weighted by Crippen LogP contribution is -2.26. The van der Waals surface area contributed by atoms with Crippen LogP contribution in [0.2, 0.25) is 0 Å². The molecule has 0 spiro atoms. The number of carbonyl (C=O) groups is 1. The smallest absolute Gasteiger partial charge is 0.255 e. The van der Waals surface area contributed by atoms with Crippen molar-refractivity contribution in [1.29, 1.82) is 0 Å². The molecule has 0 aliphatic carbocycles. The lowest BCUT2D eigenvalue weighted by atomic mass is 10.1. The first-order valence-corrected chi connectivity index (χ1v) is 13.2. The molecule has 1 amide bonds. The number of nitrogens with two attached hydrogens (primary N) is 1. The number of fused-ring (bicyclic) bond motifs is 1. The van der Waals surface area contributed by atoms with Crippen LogP contribution in [0.25, 0.3) is 0 Å². The van der Waals surface area contributed by atoms with Gasteiger partial charge in [-0.05, 0) is 47.2 Å². The third kappa shape index (κ3) is 4.92. The van der Waals surface area contributed by atoms with E-state index >= 15 is 0 Å². The molecular weight excluding hydrogens is 424 g/mol. The Morgan fingerprint density at radius 1 is 1.14 bits per heavy atom. The molecule has 3 rings (SSSR count). The van der Waals surface area contributed by atoms with E-state index in [0.29, 0.717) is 18.7 Å². The zero-order valence-corrected chi connectivity index (χ0v) is 19.5. The monoisotopic (exact) mass is 450 g/mol. The lowest BCUT2D eigenvalue weighted by Gasteiger charge is -2.19. The van der Waals surface area contributed by atoms with Gasteiger partial charge in [0, 0.05) is 40.1 Å². The molecule has 0 radical (unpaired) electrons. The van der Waals surface area contributed by atoms with Crippen molar-refractivity contribution in [2.75, 3.05) is 17.7 Å². The van der Waals surface area contributed by atoms with E-state index in [-0.39, 0.29) is 16.1 Å². The molecule has 2 N–H and O–H groups in total. The van der Waals surface area contributed by atoms with Crippen LogP contribution < -0.4 is 5.73 Å². The molecule has 29 heavy (non-hydrogen) atoms. The van der Waals surface area contributed by atoms with Crippen LogP contribution in [0.15, 0.2) is 45.0 Å². The summed E-state index contributed by atoms with van der Waals surface area (Å²) >= 11 is 3.25. The molecule has 1 aliphatic rings. The molecule has 0 atom stereocenters. The zero-order chi connectivity index (χ0) is 21.3. The molecule has 0 saturated heterocycles. The maximum Gasteiger partial charge on any atom is 0.255 e. The first-order valence-electron chi connectivity index (χ1n) is 9.44. The molecule has 0 fully saturated rings. The number of anilines is 1. The summed E-state index contributed by atoms with van der Waals surface area (Å²) < 4.78 is 24.1. The van der Waals surface area contributed by atoms with Gasteiger partial charge < -0.3 is 10.6 Å². The summed E-state index contributed by atoms with van der Waals surface area (Å²) in [6.07, 6.45) is 1.16. The summed E-state index contributed by atoms with van der Waals surface area (Å²) in [5.74, 6) is 0.776. The molecule has 2 aromatic rings. The van der Waals surface area contributed by atoms with Crippen molar-refractivity contribution < 1.29 is 13.2 Å². The quantitative estimate of drug-likeness (QED) is 0.518. The van der Waals surface area contributed by atoms with Gasteiger partial charge in [0.05, 0.1) is 10.5 Å². The maximum absolute atomic E-state index is 13.4. The second kappa shape index (κ2) is 8.62. The fourth-order valence-electron chi connectivity index (χ4n) is 3.31. The highest BCUT2D eigenvalue weighted by Gasteiger charge is 2.28. The third-order valence-electron chi connectivity index (χ3n) is 4.61. The largest absolute Gasteiger partial charge is 0.398 e. The van der Waals surface area contributed by atoms with E-state index in [1.54, 1.807) is 40.6 Å². The van der Waals surface area contributed by atoms with E-state index in [0.717, 1.165) is 38.6 Å². The van der Waals surface area contributed by atoms with Gasteiger partial charge in [-0.1, -0.05) is 20.8 Å². The van der Waals surface area contributed by atoms with Crippen LogP contribution in [-0.4, -0.2) is 36.5 Å². The van der Waals surface area contributed by atoms with Crippen LogP contribution in [0.1, 0.15) is 42.3 Å². The Morgan fingerprint density at radius 2 is 1.79 bits per heavy atom. The van der Waals surface area contributed by atoms with Gasteiger partial charge in [-0.2, -0.15) is 0 Å². The second-order valence-electron chi connectivity index (χ2n) is 7.35. The van der Waals surface area contributed by atoms with E-state index in [4.69, 9.17) is 5.73 Å². The predicted octanol–water partition coefficient (Wildman–Crippen LogP) is 4.44. The Kier molecular flexibility index (Phi) is 6.55. The van der Waals surface area contributed by atoms with E-state index < -0.39 is 9.84 Å². The highest BCUT2D eigenvalue weighted by atomic mass is 32.2. The highest BCUT2D eigenvalue weighted by Crippen LogP contribution is 2.35. The molecule has 0 saturated carbocycles. The normalized spacial score (nSPS) is 13.8. The number of nitrogen functional groups attached to an aromatic ring is 1. The van der Waals surface area contributed by atoms with Crippen molar-refractivity contribution in [3.63, 3.8) is 0 Å². The summed E-state index contributed by atoms with van der Waals surface area (Å²) in [6, 6.07) is 8.86. The molecule has 0 bridgehead atoms. The standard InChI is InChI=1S/C21H26N2O3S3/c1-5-27-20-9-15-12-23(11-14(15)8-18(20)22)21(24)17-10-16(29(4,25)26)6-7-19(17)28-13(2)3/h6-10,13H,5,11-12,22H2,1-4H3. The molecule has 0 aromatic heterocycles. The molecule has 156 valence electrons. The fraction of sp³-hybridized carbons (Fsp3) is 0.381. The topological polar surface area (TPSA) is 80.5 Å². The zero-order valence-electron chi connectivity index (χ0n) is 17.1. The summed E-state index contributed by atoms with van der Waals surface area (Å²) in [4.78, 5) is 17.1. The third-order valence-corrected chi connectivity index (χ3v) is 7.76. The fourth-order valence-corrected chi connectivity index (χ4v) is 5.64. The SMILES string of the molecule is CCSc1cc2c(cc1N)CN(C(=O)c1cc(S(C)(=O)=O)ccc1SC(C)C)C2. The maximum atomic E-state index is 13.4. The number of sulfone groups is 1. The Bertz CT molecular complexity index is 1050. The van der Waals surface area contributed by atoms with Gasteiger partial charge in [0.2, 0.25) is 0 Å². The number of amides is 1. The number of hydrogen-bond donors (Lipinski definition) is 1. The van der Waals surface area contributed by atoms with Gasteiger partial charge in [-0.25, -0.2) is 8.42 Å². The minimum absolute atomic E-state index is 0.155. The van der Waals surface area contributed by atoms with Gasteiger partial charge in [-0.3, -0.25) is 4.79 Å². The molecule has 1 aliphatic heterocycles. The Morgan fingerprint density at radius 3 is 2.38 bits per heavy atom. The van der Waals surface area contributed by atoms with Gasteiger partial charge in [0.15, 0.2) is 9.84 Å². The lowest BCUT2D eigenvalue weighted by molar-refractivity contribution is 0.0747. The number of hydrogen-bond acceptors (Lipinski definition) is 6. The average molecular weight is 451 g/mol. The van der Waals surface area contributed by atoms with Gasteiger partial charge in [0.25, 0.3) is 5.91 Å². The van der Waals surface area contributed by atoms with E-state index in [1.807, 2.05) is 19.9 Å². The van der Waals surface area contributed by atoms with Crippen LogP contribution in [0.4, 0.5) is 5.69 Å². The number of rotatable bonds is 6. The van der Waals surface area contributed by atoms with E-state index in [1.165, 1.54) is 6.07 Å². The first-order chi connectivity index (χ1) is 13.6. The van der Waals surface area contributed by atoms with E-state index in [9.17, 15) is 13.2 Å². The van der Waals surface area contributed by atoms with Crippen molar-refractivity contribution in [3.05, 3.63) is 47.0 Å². The van der Waals surface area contributed by atoms with Gasteiger partial charge in [0.1, 0.15) is 0 Å². The van der Waals surface area contributed by atoms with Crippen LogP contribution in [0.5, 0.6) is 0 Å². The molecular formula is C21H26N2O3S3. The van der Waals surface area contributed by atoms with Crippen LogP contribution >= 0.6 is 23.5 Å². The molecule has 2 aromatic carbocycles. The summed E-state index contributed by atoms with van der Waals surface area (Å²) in [7, 11) is -3.40. The summed E-state index contributed by atoms with van der Waals surface area (Å²) in [6.45, 7) is 7.15. The Labute approximate surface area is 181 Å². The molecule has 0 unspecified atom stereocenters. The van der Waals surface area contributed by atoms with E-state index in [2.05, 4.69) is 13.0 Å². The van der Waals surface area contributed by atoms with Crippen molar-refractivity contribution in [2.45, 2.75) is 53.8 Å². The number of nitrogens with zero attached hydrogens (tertiary/aromatic N) is 1.